The topological polar surface area (TPSA) is 0 Å². The van der Waals surface area contributed by atoms with Gasteiger partial charge in [0.1, 0.15) is 0 Å². The molecule has 0 N–H and O–H groups in total. The number of hydrogen-bond acceptors (Lipinski definition) is 0. The van der Waals surface area contributed by atoms with Crippen LogP contribution in [0.2, 0.25) is 0 Å². The van der Waals surface area contributed by atoms with Gasteiger partial charge in [0, 0.05) is 3.58 Å². The molecule has 0 amide bonds. The molecule has 3 aromatic carbocycles. The van der Waals surface area contributed by atoms with E-state index in [0.29, 0.717) is 0 Å². The fourth-order valence-corrected chi connectivity index (χ4v) is 4.03. The maximum Gasteiger partial charge on any atom is 0.0130 e. The highest BCUT2D eigenvalue weighted by Gasteiger charge is 2.04. The molecule has 3 aromatic rings. The standard InChI is InChI=1S/C25H19I/c1-2-19(11-10-18-6-5-8-23(26)16-18)21-14-15-25-22(17-21)13-12-20-7-3-4-9-24(20)25/h2-5,7-17H,1,6H2/b18-10+,19-11+. The van der Waals surface area contributed by atoms with Crippen LogP contribution in [0, 0.1) is 0 Å². The molecule has 1 aliphatic rings. The zero-order valence-corrected chi connectivity index (χ0v) is 16.6. The van der Waals surface area contributed by atoms with Gasteiger partial charge in [0.15, 0.2) is 0 Å². The smallest absolute Gasteiger partial charge is 0.0130 e. The van der Waals surface area contributed by atoms with Crippen molar-refractivity contribution < 1.29 is 0 Å². The minimum absolute atomic E-state index is 0.983. The number of hydrogen-bond donors (Lipinski definition) is 0. The second kappa shape index (κ2) is 7.46. The second-order valence-electron chi connectivity index (χ2n) is 6.43. The summed E-state index contributed by atoms with van der Waals surface area (Å²) in [5, 5.41) is 5.14. The Bertz CT molecular complexity index is 1120. The van der Waals surface area contributed by atoms with E-state index in [-0.39, 0.29) is 0 Å². The molecule has 0 spiro atoms. The number of benzene rings is 3. The van der Waals surface area contributed by atoms with Crippen LogP contribution in [0.5, 0.6) is 0 Å². The maximum absolute atomic E-state index is 4.02. The predicted octanol–water partition coefficient (Wildman–Crippen LogP) is 7.77. The zero-order valence-electron chi connectivity index (χ0n) is 14.5. The summed E-state index contributed by atoms with van der Waals surface area (Å²) in [4.78, 5) is 0. The van der Waals surface area contributed by atoms with E-state index in [1.807, 2.05) is 6.08 Å². The third-order valence-electron chi connectivity index (χ3n) is 4.73. The molecule has 4 rings (SSSR count). The summed E-state index contributed by atoms with van der Waals surface area (Å²) in [6.45, 7) is 4.02. The van der Waals surface area contributed by atoms with E-state index in [4.69, 9.17) is 0 Å². The van der Waals surface area contributed by atoms with Crippen molar-refractivity contribution in [1.29, 1.82) is 0 Å². The van der Waals surface area contributed by atoms with Gasteiger partial charge in [0.2, 0.25) is 0 Å². The summed E-state index contributed by atoms with van der Waals surface area (Å²) in [7, 11) is 0. The van der Waals surface area contributed by atoms with Crippen LogP contribution >= 0.6 is 22.6 Å². The molecular formula is C25H19I. The molecule has 126 valence electrons. The van der Waals surface area contributed by atoms with E-state index < -0.39 is 0 Å². The van der Waals surface area contributed by atoms with E-state index in [1.54, 1.807) is 0 Å². The highest BCUT2D eigenvalue weighted by atomic mass is 127. The number of fused-ring (bicyclic) bond motifs is 3. The third kappa shape index (κ3) is 3.45. The third-order valence-corrected chi connectivity index (χ3v) is 5.40. The van der Waals surface area contributed by atoms with Crippen molar-refractivity contribution in [3.05, 3.63) is 112 Å². The second-order valence-corrected chi connectivity index (χ2v) is 7.67. The van der Waals surface area contributed by atoms with Gasteiger partial charge < -0.3 is 0 Å². The molecule has 0 heterocycles. The van der Waals surface area contributed by atoms with Gasteiger partial charge in [-0.2, -0.15) is 0 Å². The van der Waals surface area contributed by atoms with Crippen LogP contribution in [0.4, 0.5) is 0 Å². The molecular weight excluding hydrogens is 427 g/mol. The molecule has 0 atom stereocenters. The summed E-state index contributed by atoms with van der Waals surface area (Å²) in [5.74, 6) is 0. The Hall–Kier alpha value is -2.39. The Balaban J connectivity index is 1.76. The quantitative estimate of drug-likeness (QED) is 0.219. The van der Waals surface area contributed by atoms with E-state index in [1.165, 1.54) is 36.3 Å². The van der Waals surface area contributed by atoms with E-state index in [9.17, 15) is 0 Å². The summed E-state index contributed by atoms with van der Waals surface area (Å²) in [5.41, 5.74) is 3.67. The average Bonchev–Trinajstić information content (AvgIpc) is 2.68. The molecule has 0 saturated heterocycles. The average molecular weight is 446 g/mol. The zero-order chi connectivity index (χ0) is 17.9. The number of allylic oxidation sites excluding steroid dienone is 9. The molecule has 0 fully saturated rings. The lowest BCUT2D eigenvalue weighted by atomic mass is 9.97. The molecule has 1 aliphatic carbocycles. The molecule has 1 heteroatoms. The minimum Gasteiger partial charge on any atom is -0.0984 e. The van der Waals surface area contributed by atoms with Crippen molar-refractivity contribution >= 4 is 49.7 Å². The lowest BCUT2D eigenvalue weighted by Crippen LogP contribution is -1.85. The SMILES string of the molecule is C=C/C(=C\C=C1\C=C(I)C=CC1)c1ccc2c(ccc3ccccc32)c1. The molecule has 0 aliphatic heterocycles. The highest BCUT2D eigenvalue weighted by Crippen LogP contribution is 2.29. The molecule has 26 heavy (non-hydrogen) atoms. The van der Waals surface area contributed by atoms with Crippen molar-refractivity contribution in [2.75, 3.05) is 0 Å². The van der Waals surface area contributed by atoms with Crippen LogP contribution < -0.4 is 0 Å². The Kier molecular flexibility index (Phi) is 4.89. The largest absolute Gasteiger partial charge is 0.0984 e. The van der Waals surface area contributed by atoms with Crippen LogP contribution in [0.1, 0.15) is 12.0 Å². The van der Waals surface area contributed by atoms with Gasteiger partial charge in [-0.15, -0.1) is 0 Å². The van der Waals surface area contributed by atoms with Gasteiger partial charge in [0.25, 0.3) is 0 Å². The molecule has 0 unspecified atom stereocenters. The lowest BCUT2D eigenvalue weighted by molar-refractivity contribution is 1.26. The molecule has 0 saturated carbocycles. The maximum atomic E-state index is 4.02. The van der Waals surface area contributed by atoms with Crippen LogP contribution in [0.3, 0.4) is 0 Å². The number of halogens is 1. The summed E-state index contributed by atoms with van der Waals surface area (Å²) in [6, 6.07) is 19.6. The Morgan fingerprint density at radius 2 is 1.77 bits per heavy atom. The van der Waals surface area contributed by atoms with Gasteiger partial charge in [0.05, 0.1) is 0 Å². The summed E-state index contributed by atoms with van der Waals surface area (Å²) in [6.07, 6.45) is 13.9. The molecule has 0 radical (unpaired) electrons. The molecule has 0 nitrogen and oxygen atoms in total. The fraction of sp³-hybridized carbons (Fsp3) is 0.0400. The first-order chi connectivity index (χ1) is 12.7. The Morgan fingerprint density at radius 1 is 0.962 bits per heavy atom. The first-order valence-corrected chi connectivity index (χ1v) is 9.81. The van der Waals surface area contributed by atoms with Gasteiger partial charge in [-0.3, -0.25) is 0 Å². The van der Waals surface area contributed by atoms with Crippen molar-refractivity contribution in [3.63, 3.8) is 0 Å². The van der Waals surface area contributed by atoms with Gasteiger partial charge >= 0.3 is 0 Å². The summed E-state index contributed by atoms with van der Waals surface area (Å²) < 4.78 is 1.27. The fourth-order valence-electron chi connectivity index (χ4n) is 3.38. The van der Waals surface area contributed by atoms with Crippen LogP contribution in [-0.4, -0.2) is 0 Å². The lowest BCUT2D eigenvalue weighted by Gasteiger charge is -2.08. The van der Waals surface area contributed by atoms with Gasteiger partial charge in [-0.1, -0.05) is 85.5 Å². The monoisotopic (exact) mass is 446 g/mol. The van der Waals surface area contributed by atoms with Crippen molar-refractivity contribution in [1.82, 2.24) is 0 Å². The normalized spacial score (nSPS) is 16.3. The van der Waals surface area contributed by atoms with E-state index in [0.717, 1.165) is 12.0 Å². The summed E-state index contributed by atoms with van der Waals surface area (Å²) >= 11 is 2.36. The van der Waals surface area contributed by atoms with Crippen LogP contribution in [0.25, 0.3) is 27.1 Å². The van der Waals surface area contributed by atoms with Crippen LogP contribution in [-0.2, 0) is 0 Å². The van der Waals surface area contributed by atoms with Crippen molar-refractivity contribution in [3.8, 4) is 0 Å². The van der Waals surface area contributed by atoms with Crippen LogP contribution in [0.15, 0.2) is 107 Å². The number of rotatable bonds is 3. The molecule has 0 bridgehead atoms. The van der Waals surface area contributed by atoms with Gasteiger partial charge in [-0.05, 0) is 79.4 Å². The van der Waals surface area contributed by atoms with Crippen molar-refractivity contribution in [2.24, 2.45) is 0 Å². The predicted molar refractivity (Wildman–Crippen MR) is 124 cm³/mol. The Morgan fingerprint density at radius 3 is 2.62 bits per heavy atom. The van der Waals surface area contributed by atoms with E-state index >= 15 is 0 Å². The van der Waals surface area contributed by atoms with E-state index in [2.05, 4.69) is 114 Å². The van der Waals surface area contributed by atoms with Gasteiger partial charge in [-0.25, -0.2) is 0 Å². The highest BCUT2D eigenvalue weighted by molar-refractivity contribution is 14.1. The first-order valence-electron chi connectivity index (χ1n) is 8.73. The first kappa shape index (κ1) is 17.0. The minimum atomic E-state index is 0.983. The van der Waals surface area contributed by atoms with Crippen molar-refractivity contribution in [2.45, 2.75) is 6.42 Å². The Labute approximate surface area is 168 Å². The molecule has 0 aromatic heterocycles.